The SMILES string of the molecule is CS(C)(=O)=Nc1ccc(NC(=O)CCc2ccncc2)cc1. The fourth-order valence-electron chi connectivity index (χ4n) is 1.89. The lowest BCUT2D eigenvalue weighted by atomic mass is 10.1. The standard InChI is InChI=1S/C16H19N3O2S/c1-22(2,21)19-15-6-4-14(5-7-15)18-16(20)8-3-13-9-11-17-12-10-13/h4-7,9-12H,3,8H2,1-2H3,(H,18,20). The van der Waals surface area contributed by atoms with Crippen LogP contribution in [0.15, 0.2) is 53.2 Å². The number of hydrogen-bond acceptors (Lipinski definition) is 4. The van der Waals surface area contributed by atoms with Gasteiger partial charge in [0.2, 0.25) is 5.91 Å². The van der Waals surface area contributed by atoms with Crippen molar-refractivity contribution < 1.29 is 9.00 Å². The minimum atomic E-state index is -2.17. The van der Waals surface area contributed by atoms with E-state index in [1.54, 1.807) is 49.2 Å². The Morgan fingerprint density at radius 1 is 1.14 bits per heavy atom. The summed E-state index contributed by atoms with van der Waals surface area (Å²) < 4.78 is 15.7. The van der Waals surface area contributed by atoms with Gasteiger partial charge in [-0.25, -0.2) is 4.21 Å². The smallest absolute Gasteiger partial charge is 0.224 e. The van der Waals surface area contributed by atoms with Crippen LogP contribution in [0.3, 0.4) is 0 Å². The Morgan fingerprint density at radius 3 is 2.36 bits per heavy atom. The van der Waals surface area contributed by atoms with E-state index in [9.17, 15) is 9.00 Å². The van der Waals surface area contributed by atoms with Gasteiger partial charge in [-0.3, -0.25) is 9.78 Å². The van der Waals surface area contributed by atoms with Crippen LogP contribution in [0.1, 0.15) is 12.0 Å². The molecule has 116 valence electrons. The number of hydrogen-bond donors (Lipinski definition) is 1. The van der Waals surface area contributed by atoms with Gasteiger partial charge in [-0.15, -0.1) is 0 Å². The van der Waals surface area contributed by atoms with Crippen LogP contribution in [0.25, 0.3) is 0 Å². The molecule has 0 fully saturated rings. The molecule has 1 aromatic carbocycles. The van der Waals surface area contributed by atoms with Gasteiger partial charge in [0.05, 0.1) is 5.69 Å². The zero-order valence-electron chi connectivity index (χ0n) is 12.7. The predicted octanol–water partition coefficient (Wildman–Crippen LogP) is 3.01. The van der Waals surface area contributed by atoms with Crippen molar-refractivity contribution in [3.63, 3.8) is 0 Å². The monoisotopic (exact) mass is 317 g/mol. The maximum Gasteiger partial charge on any atom is 0.224 e. The quantitative estimate of drug-likeness (QED) is 0.921. The van der Waals surface area contributed by atoms with Gasteiger partial charge in [0.15, 0.2) is 0 Å². The second-order valence-corrected chi connectivity index (χ2v) is 7.77. The molecular weight excluding hydrogens is 298 g/mol. The Kier molecular flexibility index (Phi) is 5.27. The maximum absolute atomic E-state index is 11.9. The first-order valence-corrected chi connectivity index (χ1v) is 9.21. The molecular formula is C16H19N3O2S. The molecule has 0 aliphatic heterocycles. The number of anilines is 1. The summed E-state index contributed by atoms with van der Waals surface area (Å²) in [4.78, 5) is 15.8. The fourth-order valence-corrected chi connectivity index (χ4v) is 2.52. The van der Waals surface area contributed by atoms with Crippen LogP contribution in [0.5, 0.6) is 0 Å². The number of amides is 1. The third-order valence-corrected chi connectivity index (χ3v) is 3.52. The van der Waals surface area contributed by atoms with Gasteiger partial charge in [0, 0.05) is 46.7 Å². The van der Waals surface area contributed by atoms with Crippen molar-refractivity contribution in [2.45, 2.75) is 12.8 Å². The van der Waals surface area contributed by atoms with Crippen molar-refractivity contribution in [1.82, 2.24) is 4.98 Å². The van der Waals surface area contributed by atoms with E-state index < -0.39 is 9.73 Å². The molecule has 0 atom stereocenters. The molecule has 1 N–H and O–H groups in total. The summed E-state index contributed by atoms with van der Waals surface area (Å²) in [5, 5.41) is 2.83. The molecule has 2 rings (SSSR count). The highest BCUT2D eigenvalue weighted by molar-refractivity contribution is 7.92. The molecule has 1 aromatic heterocycles. The minimum absolute atomic E-state index is 0.0451. The molecule has 6 heteroatoms. The van der Waals surface area contributed by atoms with E-state index in [1.807, 2.05) is 12.1 Å². The van der Waals surface area contributed by atoms with Crippen molar-refractivity contribution >= 4 is 27.0 Å². The van der Waals surface area contributed by atoms with Crippen molar-refractivity contribution in [2.75, 3.05) is 17.8 Å². The van der Waals surface area contributed by atoms with Crippen LogP contribution in [0, 0.1) is 0 Å². The van der Waals surface area contributed by atoms with Crippen LogP contribution in [-0.4, -0.2) is 27.6 Å². The Bertz CT molecular complexity index is 741. The summed E-state index contributed by atoms with van der Waals surface area (Å²) in [6, 6.07) is 10.8. The number of rotatable bonds is 5. The van der Waals surface area contributed by atoms with E-state index in [-0.39, 0.29) is 5.91 Å². The van der Waals surface area contributed by atoms with Gasteiger partial charge in [-0.2, -0.15) is 4.36 Å². The Labute approximate surface area is 131 Å². The molecule has 0 spiro atoms. The molecule has 0 aliphatic carbocycles. The summed E-state index contributed by atoms with van der Waals surface area (Å²) in [6.07, 6.45) is 7.69. The lowest BCUT2D eigenvalue weighted by molar-refractivity contribution is -0.116. The Balaban J connectivity index is 1.91. The van der Waals surface area contributed by atoms with Gasteiger partial charge in [-0.05, 0) is 48.4 Å². The van der Waals surface area contributed by atoms with Crippen molar-refractivity contribution in [1.29, 1.82) is 0 Å². The van der Waals surface area contributed by atoms with Crippen LogP contribution in [-0.2, 0) is 20.9 Å². The third-order valence-electron chi connectivity index (χ3n) is 2.87. The lowest BCUT2D eigenvalue weighted by Crippen LogP contribution is -2.12. The molecule has 2 aromatic rings. The van der Waals surface area contributed by atoms with Crippen LogP contribution in [0.2, 0.25) is 0 Å². The van der Waals surface area contributed by atoms with Crippen LogP contribution >= 0.6 is 0 Å². The van der Waals surface area contributed by atoms with Gasteiger partial charge in [-0.1, -0.05) is 0 Å². The average molecular weight is 317 g/mol. The molecule has 0 aliphatic rings. The second kappa shape index (κ2) is 7.17. The predicted molar refractivity (Wildman–Crippen MR) is 89.7 cm³/mol. The molecule has 0 radical (unpaired) electrons. The van der Waals surface area contributed by atoms with Crippen LogP contribution in [0.4, 0.5) is 11.4 Å². The molecule has 0 saturated heterocycles. The first-order chi connectivity index (χ1) is 10.4. The number of nitrogens with zero attached hydrogens (tertiary/aromatic N) is 2. The number of nitrogens with one attached hydrogen (secondary N) is 1. The van der Waals surface area contributed by atoms with Gasteiger partial charge in [0.1, 0.15) is 0 Å². The van der Waals surface area contributed by atoms with E-state index >= 15 is 0 Å². The van der Waals surface area contributed by atoms with E-state index in [4.69, 9.17) is 0 Å². The highest BCUT2D eigenvalue weighted by atomic mass is 32.2. The Morgan fingerprint density at radius 2 is 1.77 bits per heavy atom. The number of aromatic nitrogens is 1. The van der Waals surface area contributed by atoms with Crippen molar-refractivity contribution in [2.24, 2.45) is 4.36 Å². The molecule has 0 saturated carbocycles. The number of aryl methyl sites for hydroxylation is 1. The third kappa shape index (κ3) is 5.65. The fraction of sp³-hybridized carbons (Fsp3) is 0.250. The van der Waals surface area contributed by atoms with Gasteiger partial charge < -0.3 is 5.32 Å². The largest absolute Gasteiger partial charge is 0.326 e. The highest BCUT2D eigenvalue weighted by Gasteiger charge is 2.03. The van der Waals surface area contributed by atoms with Gasteiger partial charge in [0.25, 0.3) is 0 Å². The minimum Gasteiger partial charge on any atom is -0.326 e. The maximum atomic E-state index is 11.9. The molecule has 0 bridgehead atoms. The molecule has 5 nitrogen and oxygen atoms in total. The first kappa shape index (κ1) is 16.2. The van der Waals surface area contributed by atoms with E-state index in [2.05, 4.69) is 14.7 Å². The summed E-state index contributed by atoms with van der Waals surface area (Å²) in [5.41, 5.74) is 2.43. The summed E-state index contributed by atoms with van der Waals surface area (Å²) in [5.74, 6) is -0.0451. The van der Waals surface area contributed by atoms with E-state index in [0.717, 1.165) is 5.56 Å². The van der Waals surface area contributed by atoms with Crippen molar-refractivity contribution in [3.05, 3.63) is 54.4 Å². The second-order valence-electron chi connectivity index (χ2n) is 5.22. The Hall–Kier alpha value is -2.21. The van der Waals surface area contributed by atoms with Gasteiger partial charge >= 0.3 is 0 Å². The lowest BCUT2D eigenvalue weighted by Gasteiger charge is -2.06. The zero-order valence-corrected chi connectivity index (χ0v) is 13.5. The van der Waals surface area contributed by atoms with E-state index in [1.165, 1.54) is 0 Å². The number of benzene rings is 1. The zero-order chi connectivity index (χ0) is 16.0. The summed E-state index contributed by atoms with van der Waals surface area (Å²) in [7, 11) is -2.17. The first-order valence-electron chi connectivity index (χ1n) is 6.88. The summed E-state index contributed by atoms with van der Waals surface area (Å²) >= 11 is 0. The highest BCUT2D eigenvalue weighted by Crippen LogP contribution is 2.18. The number of pyridine rings is 1. The molecule has 0 unspecified atom stereocenters. The average Bonchev–Trinajstić information content (AvgIpc) is 2.47. The molecule has 1 amide bonds. The number of carbonyl (C=O) groups is 1. The molecule has 22 heavy (non-hydrogen) atoms. The summed E-state index contributed by atoms with van der Waals surface area (Å²) in [6.45, 7) is 0. The van der Waals surface area contributed by atoms with Crippen molar-refractivity contribution in [3.8, 4) is 0 Å². The normalized spacial score (nSPS) is 11.0. The number of carbonyl (C=O) groups excluding carboxylic acids is 1. The van der Waals surface area contributed by atoms with E-state index in [0.29, 0.717) is 24.2 Å². The van der Waals surface area contributed by atoms with Crippen LogP contribution < -0.4 is 5.32 Å². The topological polar surface area (TPSA) is 71.4 Å². The molecule has 1 heterocycles.